The van der Waals surface area contributed by atoms with E-state index in [1.807, 2.05) is 24.3 Å². The van der Waals surface area contributed by atoms with Crippen LogP contribution in [0.2, 0.25) is 0 Å². The van der Waals surface area contributed by atoms with Gasteiger partial charge in [-0.25, -0.2) is 0 Å². The zero-order chi connectivity index (χ0) is 18.0. The average Bonchev–Trinajstić information content (AvgIpc) is 2.68. The molecular formula is C21H26N4S. The van der Waals surface area contributed by atoms with Gasteiger partial charge in [0.15, 0.2) is 5.17 Å². The summed E-state index contributed by atoms with van der Waals surface area (Å²) in [6.45, 7) is 3.43. The normalized spacial score (nSPS) is 16.2. The largest absolute Gasteiger partial charge is 0.377 e. The van der Waals surface area contributed by atoms with Crippen molar-refractivity contribution < 1.29 is 0 Å². The first kappa shape index (κ1) is 18.7. The maximum atomic E-state index is 5.93. The van der Waals surface area contributed by atoms with Crippen molar-refractivity contribution >= 4 is 23.1 Å². The molecule has 1 saturated heterocycles. The molecule has 1 aliphatic rings. The molecule has 1 aliphatic heterocycles. The summed E-state index contributed by atoms with van der Waals surface area (Å²) in [5.74, 6) is 0.803. The molecule has 1 heterocycles. The third-order valence-corrected chi connectivity index (χ3v) is 5.25. The van der Waals surface area contributed by atoms with Crippen molar-refractivity contribution in [2.45, 2.75) is 31.6 Å². The van der Waals surface area contributed by atoms with E-state index in [9.17, 15) is 0 Å². The van der Waals surface area contributed by atoms with E-state index in [4.69, 9.17) is 5.73 Å². The number of amidine groups is 1. The monoisotopic (exact) mass is 366 g/mol. The predicted octanol–water partition coefficient (Wildman–Crippen LogP) is 4.25. The Balaban J connectivity index is 1.51. The molecule has 3 rings (SSSR count). The van der Waals surface area contributed by atoms with Crippen LogP contribution >= 0.6 is 11.8 Å². The van der Waals surface area contributed by atoms with Gasteiger partial charge in [-0.2, -0.15) is 5.10 Å². The molecule has 2 aromatic rings. The van der Waals surface area contributed by atoms with E-state index in [1.54, 1.807) is 6.21 Å². The first-order valence-corrected chi connectivity index (χ1v) is 10.1. The molecular weight excluding hydrogens is 340 g/mol. The fraction of sp³-hybridized carbons (Fsp3) is 0.333. The topological polar surface area (TPSA) is 54.0 Å². The molecule has 0 aromatic heterocycles. The van der Waals surface area contributed by atoms with Gasteiger partial charge in [-0.3, -0.25) is 4.90 Å². The number of likely N-dealkylation sites (tertiary alicyclic amines) is 1. The molecule has 0 unspecified atom stereocenters. The summed E-state index contributed by atoms with van der Waals surface area (Å²) in [6.07, 6.45) is 5.77. The lowest BCUT2D eigenvalue weighted by atomic mass is 10.1. The summed E-state index contributed by atoms with van der Waals surface area (Å²) in [5, 5.41) is 8.72. The molecule has 136 valence electrons. The van der Waals surface area contributed by atoms with E-state index in [-0.39, 0.29) is 0 Å². The highest BCUT2D eigenvalue weighted by molar-refractivity contribution is 8.13. The molecule has 0 aliphatic carbocycles. The van der Waals surface area contributed by atoms with Gasteiger partial charge < -0.3 is 5.73 Å². The van der Waals surface area contributed by atoms with Gasteiger partial charge in [-0.1, -0.05) is 66.7 Å². The van der Waals surface area contributed by atoms with Crippen LogP contribution in [0.5, 0.6) is 0 Å². The molecule has 0 spiro atoms. The minimum atomic E-state index is 0.481. The highest BCUT2D eigenvalue weighted by Crippen LogP contribution is 2.14. The molecule has 1 fully saturated rings. The standard InChI is InChI=1S/C21H26N4S/c22-21(26-17-18-8-3-1-4-9-18)24-23-15-19-10-7-11-20(14-19)16-25-12-5-2-6-13-25/h1,3-4,7-11,14-15H,2,5-6,12-13,16-17H2,(H2,22,24). The lowest BCUT2D eigenvalue weighted by molar-refractivity contribution is 0.221. The minimum absolute atomic E-state index is 0.481. The summed E-state index contributed by atoms with van der Waals surface area (Å²) in [6, 6.07) is 18.7. The van der Waals surface area contributed by atoms with E-state index < -0.39 is 0 Å². The van der Waals surface area contributed by atoms with E-state index >= 15 is 0 Å². The molecule has 0 atom stereocenters. The van der Waals surface area contributed by atoms with Crippen LogP contribution in [0.15, 0.2) is 64.8 Å². The summed E-state index contributed by atoms with van der Waals surface area (Å²) in [5.41, 5.74) is 9.54. The lowest BCUT2D eigenvalue weighted by Gasteiger charge is -2.26. The third kappa shape index (κ3) is 6.32. The average molecular weight is 367 g/mol. The molecule has 0 amide bonds. The van der Waals surface area contributed by atoms with Crippen molar-refractivity contribution in [2.75, 3.05) is 13.1 Å². The van der Waals surface area contributed by atoms with Crippen LogP contribution in [-0.2, 0) is 12.3 Å². The van der Waals surface area contributed by atoms with Crippen LogP contribution < -0.4 is 5.73 Å². The first-order chi connectivity index (χ1) is 12.8. The maximum Gasteiger partial charge on any atom is 0.180 e. The van der Waals surface area contributed by atoms with Crippen LogP contribution in [-0.4, -0.2) is 29.4 Å². The highest BCUT2D eigenvalue weighted by Gasteiger charge is 2.10. The number of piperidine rings is 1. The highest BCUT2D eigenvalue weighted by atomic mass is 32.2. The number of nitrogens with two attached hydrogens (primary N) is 1. The Hall–Kier alpha value is -2.11. The van der Waals surface area contributed by atoms with Gasteiger partial charge in [-0.15, -0.1) is 5.10 Å². The number of rotatable bonds is 6. The number of hydrogen-bond donors (Lipinski definition) is 1. The van der Waals surface area contributed by atoms with Gasteiger partial charge in [0.05, 0.1) is 6.21 Å². The van der Waals surface area contributed by atoms with Crippen molar-refractivity contribution in [3.63, 3.8) is 0 Å². The van der Waals surface area contributed by atoms with Gasteiger partial charge in [0.2, 0.25) is 0 Å². The smallest absolute Gasteiger partial charge is 0.180 e. The van der Waals surface area contributed by atoms with Gasteiger partial charge in [-0.05, 0) is 48.7 Å². The number of hydrogen-bond acceptors (Lipinski definition) is 4. The molecule has 5 heteroatoms. The Morgan fingerprint density at radius 3 is 2.58 bits per heavy atom. The van der Waals surface area contributed by atoms with E-state index in [0.717, 1.165) is 17.9 Å². The van der Waals surface area contributed by atoms with Crippen LogP contribution in [0.3, 0.4) is 0 Å². The second kappa shape index (κ2) is 10.1. The third-order valence-electron chi connectivity index (χ3n) is 4.40. The van der Waals surface area contributed by atoms with Crippen molar-refractivity contribution in [1.82, 2.24) is 4.90 Å². The molecule has 0 saturated carbocycles. The summed E-state index contributed by atoms with van der Waals surface area (Å²) in [7, 11) is 0. The number of thioether (sulfide) groups is 1. The Kier molecular flexibility index (Phi) is 7.28. The lowest BCUT2D eigenvalue weighted by Crippen LogP contribution is -2.29. The van der Waals surface area contributed by atoms with Gasteiger partial charge in [0, 0.05) is 12.3 Å². The van der Waals surface area contributed by atoms with Crippen LogP contribution in [0, 0.1) is 0 Å². The molecule has 2 aromatic carbocycles. The fourth-order valence-corrected chi connectivity index (χ4v) is 3.67. The molecule has 0 bridgehead atoms. The second-order valence-corrected chi connectivity index (χ2v) is 7.53. The van der Waals surface area contributed by atoms with Crippen molar-refractivity contribution in [2.24, 2.45) is 15.9 Å². The Morgan fingerprint density at radius 1 is 1.00 bits per heavy atom. The number of benzene rings is 2. The molecule has 0 radical (unpaired) electrons. The van der Waals surface area contributed by atoms with Crippen molar-refractivity contribution in [3.8, 4) is 0 Å². The van der Waals surface area contributed by atoms with Crippen LogP contribution in [0.4, 0.5) is 0 Å². The summed E-state index contributed by atoms with van der Waals surface area (Å²) >= 11 is 1.50. The molecule has 4 nitrogen and oxygen atoms in total. The van der Waals surface area contributed by atoms with E-state index in [0.29, 0.717) is 5.17 Å². The minimum Gasteiger partial charge on any atom is -0.377 e. The van der Waals surface area contributed by atoms with Crippen LogP contribution in [0.25, 0.3) is 0 Å². The zero-order valence-electron chi connectivity index (χ0n) is 15.1. The zero-order valence-corrected chi connectivity index (χ0v) is 15.9. The quantitative estimate of drug-likeness (QED) is 0.472. The fourth-order valence-electron chi connectivity index (χ4n) is 3.06. The predicted molar refractivity (Wildman–Crippen MR) is 113 cm³/mol. The molecule has 26 heavy (non-hydrogen) atoms. The Bertz CT molecular complexity index is 737. The first-order valence-electron chi connectivity index (χ1n) is 9.14. The van der Waals surface area contributed by atoms with Gasteiger partial charge in [0.25, 0.3) is 0 Å². The number of nitrogens with zero attached hydrogens (tertiary/aromatic N) is 3. The van der Waals surface area contributed by atoms with E-state index in [1.165, 1.54) is 55.2 Å². The van der Waals surface area contributed by atoms with Crippen molar-refractivity contribution in [3.05, 3.63) is 71.3 Å². The molecule has 2 N–H and O–H groups in total. The Labute approximate surface area is 160 Å². The van der Waals surface area contributed by atoms with E-state index in [2.05, 4.69) is 45.4 Å². The van der Waals surface area contributed by atoms with Crippen molar-refractivity contribution in [1.29, 1.82) is 0 Å². The maximum absolute atomic E-state index is 5.93. The second-order valence-electron chi connectivity index (χ2n) is 6.54. The van der Waals surface area contributed by atoms with Gasteiger partial charge >= 0.3 is 0 Å². The summed E-state index contributed by atoms with van der Waals surface area (Å²) in [4.78, 5) is 2.52. The van der Waals surface area contributed by atoms with Crippen LogP contribution in [0.1, 0.15) is 36.0 Å². The Morgan fingerprint density at radius 2 is 1.77 bits per heavy atom. The van der Waals surface area contributed by atoms with Gasteiger partial charge in [0.1, 0.15) is 0 Å². The summed E-state index contributed by atoms with van der Waals surface area (Å²) < 4.78 is 0. The SMILES string of the molecule is NC(=NN=Cc1cccc(CN2CCCCC2)c1)SCc1ccccc1.